The van der Waals surface area contributed by atoms with Crippen LogP contribution < -0.4 is 15.0 Å². The van der Waals surface area contributed by atoms with E-state index in [2.05, 4.69) is 12.2 Å². The summed E-state index contributed by atoms with van der Waals surface area (Å²) in [6.07, 6.45) is 4.13. The summed E-state index contributed by atoms with van der Waals surface area (Å²) in [6.45, 7) is 2.44. The van der Waals surface area contributed by atoms with Crippen LogP contribution in [0.1, 0.15) is 60.1 Å². The molecule has 3 aromatic carbocycles. The molecule has 0 spiro atoms. The first-order valence-corrected chi connectivity index (χ1v) is 13.0. The van der Waals surface area contributed by atoms with Crippen LogP contribution in [0.15, 0.2) is 72.8 Å². The SMILES string of the molecule is COc1ccc(C(=O)N(Cc2cc(NC(=O)C3CCCC3)ccc2N(C)C)[C@H](C)c2ccccc2)cc1. The summed E-state index contributed by atoms with van der Waals surface area (Å²) in [5.74, 6) is 0.817. The minimum Gasteiger partial charge on any atom is -0.497 e. The number of anilines is 2. The van der Waals surface area contributed by atoms with Crippen LogP contribution in [0, 0.1) is 5.92 Å². The van der Waals surface area contributed by atoms with Gasteiger partial charge in [-0.2, -0.15) is 0 Å². The number of nitrogens with one attached hydrogen (secondary N) is 1. The molecule has 0 heterocycles. The molecule has 1 atom stereocenters. The maximum Gasteiger partial charge on any atom is 0.254 e. The van der Waals surface area contributed by atoms with Crippen LogP contribution in [0.2, 0.25) is 0 Å². The van der Waals surface area contributed by atoms with E-state index >= 15 is 0 Å². The molecule has 0 aliphatic heterocycles. The van der Waals surface area contributed by atoms with Gasteiger partial charge >= 0.3 is 0 Å². The molecule has 6 heteroatoms. The zero-order valence-corrected chi connectivity index (χ0v) is 22.2. The highest BCUT2D eigenvalue weighted by Gasteiger charge is 2.26. The lowest BCUT2D eigenvalue weighted by Crippen LogP contribution is -2.34. The molecule has 1 aliphatic carbocycles. The lowest BCUT2D eigenvalue weighted by atomic mass is 10.0. The molecule has 0 bridgehead atoms. The molecule has 1 saturated carbocycles. The van der Waals surface area contributed by atoms with Crippen molar-refractivity contribution >= 4 is 23.2 Å². The number of nitrogens with zero attached hydrogens (tertiary/aromatic N) is 2. The van der Waals surface area contributed by atoms with Gasteiger partial charge in [-0.1, -0.05) is 43.2 Å². The number of hydrogen-bond acceptors (Lipinski definition) is 4. The van der Waals surface area contributed by atoms with Gasteiger partial charge in [-0.3, -0.25) is 9.59 Å². The average molecular weight is 500 g/mol. The van der Waals surface area contributed by atoms with E-state index in [-0.39, 0.29) is 23.8 Å². The first kappa shape index (κ1) is 26.3. The second-order valence-corrected chi connectivity index (χ2v) is 9.96. The lowest BCUT2D eigenvalue weighted by molar-refractivity contribution is -0.119. The molecule has 1 aliphatic rings. The van der Waals surface area contributed by atoms with Crippen LogP contribution in [0.3, 0.4) is 0 Å². The molecular formula is C31H37N3O3. The number of benzene rings is 3. The van der Waals surface area contributed by atoms with E-state index in [4.69, 9.17) is 4.74 Å². The molecular weight excluding hydrogens is 462 g/mol. The van der Waals surface area contributed by atoms with E-state index < -0.39 is 0 Å². The molecule has 0 saturated heterocycles. The zero-order valence-electron chi connectivity index (χ0n) is 22.2. The maximum atomic E-state index is 13.9. The topological polar surface area (TPSA) is 61.9 Å². The fraction of sp³-hybridized carbons (Fsp3) is 0.355. The number of carbonyl (C=O) groups is 2. The Morgan fingerprint density at radius 2 is 1.65 bits per heavy atom. The summed E-state index contributed by atoms with van der Waals surface area (Å²) < 4.78 is 5.28. The third-order valence-corrected chi connectivity index (χ3v) is 7.24. The summed E-state index contributed by atoms with van der Waals surface area (Å²) in [5.41, 5.74) is 4.40. The molecule has 3 aromatic rings. The quantitative estimate of drug-likeness (QED) is 0.376. The minimum absolute atomic E-state index is 0.0656. The van der Waals surface area contributed by atoms with Crippen molar-refractivity contribution < 1.29 is 14.3 Å². The predicted octanol–water partition coefficient (Wildman–Crippen LogP) is 6.29. The Morgan fingerprint density at radius 1 is 0.973 bits per heavy atom. The Labute approximate surface area is 220 Å². The molecule has 2 amide bonds. The summed E-state index contributed by atoms with van der Waals surface area (Å²) in [7, 11) is 5.60. The van der Waals surface area contributed by atoms with E-state index in [0.29, 0.717) is 17.9 Å². The van der Waals surface area contributed by atoms with E-state index in [0.717, 1.165) is 48.2 Å². The van der Waals surface area contributed by atoms with Crippen LogP contribution in [0.25, 0.3) is 0 Å². The van der Waals surface area contributed by atoms with Gasteiger partial charge in [0.25, 0.3) is 5.91 Å². The number of ether oxygens (including phenoxy) is 1. The van der Waals surface area contributed by atoms with Gasteiger partial charge in [0.2, 0.25) is 5.91 Å². The van der Waals surface area contributed by atoms with E-state index in [1.807, 2.05) is 84.6 Å². The average Bonchev–Trinajstić information content (AvgIpc) is 3.47. The van der Waals surface area contributed by atoms with Crippen molar-refractivity contribution in [1.29, 1.82) is 0 Å². The highest BCUT2D eigenvalue weighted by atomic mass is 16.5. The zero-order chi connectivity index (χ0) is 26.4. The molecule has 4 rings (SSSR count). The molecule has 0 aromatic heterocycles. The Balaban J connectivity index is 1.67. The number of amides is 2. The maximum absolute atomic E-state index is 13.9. The van der Waals surface area contributed by atoms with Crippen LogP contribution in [-0.4, -0.2) is 37.9 Å². The van der Waals surface area contributed by atoms with Crippen LogP contribution in [0.4, 0.5) is 11.4 Å². The first-order valence-electron chi connectivity index (χ1n) is 13.0. The standard InChI is InChI=1S/C31H37N3O3/c1-22(23-10-6-5-7-11-23)34(31(36)25-14-17-28(37-4)18-15-25)21-26-20-27(16-19-29(26)33(2)3)32-30(35)24-12-8-9-13-24/h5-7,10-11,14-20,22,24H,8-9,12-13,21H2,1-4H3,(H,32,35)/t22-/m1/s1. The number of carbonyl (C=O) groups excluding carboxylic acids is 2. The summed E-state index contributed by atoms with van der Waals surface area (Å²) >= 11 is 0. The smallest absolute Gasteiger partial charge is 0.254 e. The van der Waals surface area contributed by atoms with Crippen molar-refractivity contribution in [2.75, 3.05) is 31.4 Å². The Morgan fingerprint density at radius 3 is 2.27 bits per heavy atom. The largest absolute Gasteiger partial charge is 0.497 e. The van der Waals surface area contributed by atoms with E-state index in [1.165, 1.54) is 0 Å². The monoisotopic (exact) mass is 499 g/mol. The molecule has 1 N–H and O–H groups in total. The van der Waals surface area contributed by atoms with Gasteiger partial charge in [-0.25, -0.2) is 0 Å². The predicted molar refractivity (Wildman–Crippen MR) is 149 cm³/mol. The Bertz CT molecular complexity index is 1200. The minimum atomic E-state index is -0.164. The molecule has 0 unspecified atom stereocenters. The van der Waals surface area contributed by atoms with Crippen molar-refractivity contribution in [2.45, 2.75) is 45.2 Å². The highest BCUT2D eigenvalue weighted by Crippen LogP contribution is 2.31. The normalized spacial score (nSPS) is 14.2. The van der Waals surface area contributed by atoms with Gasteiger partial charge in [0, 0.05) is 43.5 Å². The molecule has 6 nitrogen and oxygen atoms in total. The Kier molecular flexibility index (Phi) is 8.49. The second-order valence-electron chi connectivity index (χ2n) is 9.96. The molecule has 1 fully saturated rings. The van der Waals surface area contributed by atoms with Crippen molar-refractivity contribution in [2.24, 2.45) is 5.92 Å². The van der Waals surface area contributed by atoms with Crippen LogP contribution in [-0.2, 0) is 11.3 Å². The number of methoxy groups -OCH3 is 1. The van der Waals surface area contributed by atoms with Crippen LogP contribution in [0.5, 0.6) is 5.75 Å². The van der Waals surface area contributed by atoms with Crippen molar-refractivity contribution in [3.8, 4) is 5.75 Å². The highest BCUT2D eigenvalue weighted by molar-refractivity contribution is 5.95. The summed E-state index contributed by atoms with van der Waals surface area (Å²) in [6, 6.07) is 23.1. The third-order valence-electron chi connectivity index (χ3n) is 7.24. The van der Waals surface area contributed by atoms with Crippen molar-refractivity contribution in [3.05, 3.63) is 89.5 Å². The van der Waals surface area contributed by atoms with Gasteiger partial charge < -0.3 is 19.9 Å². The second kappa shape index (κ2) is 12.0. The third kappa shape index (κ3) is 6.31. The van der Waals surface area contributed by atoms with E-state index in [9.17, 15) is 9.59 Å². The van der Waals surface area contributed by atoms with E-state index in [1.54, 1.807) is 19.2 Å². The number of rotatable bonds is 9. The van der Waals surface area contributed by atoms with Crippen molar-refractivity contribution in [3.63, 3.8) is 0 Å². The Hall–Kier alpha value is -3.80. The van der Waals surface area contributed by atoms with Gasteiger partial charge in [0.1, 0.15) is 5.75 Å². The molecule has 0 radical (unpaired) electrons. The number of hydrogen-bond donors (Lipinski definition) is 1. The summed E-state index contributed by atoms with van der Waals surface area (Å²) in [4.78, 5) is 30.6. The molecule has 37 heavy (non-hydrogen) atoms. The van der Waals surface area contributed by atoms with Crippen molar-refractivity contribution in [1.82, 2.24) is 4.90 Å². The lowest BCUT2D eigenvalue weighted by Gasteiger charge is -2.32. The first-order chi connectivity index (χ1) is 17.9. The summed E-state index contributed by atoms with van der Waals surface area (Å²) in [5, 5.41) is 3.12. The van der Waals surface area contributed by atoms with Gasteiger partial charge in [-0.05, 0) is 73.4 Å². The van der Waals surface area contributed by atoms with Crippen LogP contribution >= 0.6 is 0 Å². The fourth-order valence-corrected chi connectivity index (χ4v) is 5.04. The van der Waals surface area contributed by atoms with Gasteiger partial charge in [-0.15, -0.1) is 0 Å². The van der Waals surface area contributed by atoms with Gasteiger partial charge in [0.15, 0.2) is 0 Å². The fourth-order valence-electron chi connectivity index (χ4n) is 5.04. The molecule has 194 valence electrons. The van der Waals surface area contributed by atoms with Gasteiger partial charge in [0.05, 0.1) is 13.2 Å².